The normalized spacial score (nSPS) is 12.3. The van der Waals surface area contributed by atoms with Crippen molar-refractivity contribution in [2.45, 2.75) is 289 Å². The molecule has 21 nitrogen and oxygen atoms in total. The molecule has 3 aromatic rings. The fraction of sp³-hybridized carbons (Fsp3) is 0.694. The van der Waals surface area contributed by atoms with E-state index >= 15 is 0 Å². The lowest BCUT2D eigenvalue weighted by atomic mass is 10.0. The van der Waals surface area contributed by atoms with E-state index in [-0.39, 0.29) is 38.3 Å². The van der Waals surface area contributed by atoms with Crippen LogP contribution >= 0.6 is 15.9 Å². The first-order valence-corrected chi connectivity index (χ1v) is 37.6. The van der Waals surface area contributed by atoms with Gasteiger partial charge in [0.15, 0.2) is 10.8 Å². The van der Waals surface area contributed by atoms with Gasteiger partial charge in [0.1, 0.15) is 35.5 Å². The summed E-state index contributed by atoms with van der Waals surface area (Å²) in [6, 6.07) is 17.0. The van der Waals surface area contributed by atoms with Crippen LogP contribution < -0.4 is 25.4 Å². The monoisotopic (exact) mass is 1420 g/mol. The van der Waals surface area contributed by atoms with Crippen molar-refractivity contribution in [3.63, 3.8) is 0 Å². The Balaban J connectivity index is 0.000000714. The predicted molar refractivity (Wildman–Crippen MR) is 373 cm³/mol. The van der Waals surface area contributed by atoms with Gasteiger partial charge in [-0.3, -0.25) is 9.59 Å². The molecule has 3 rings (SSSR count). The summed E-state index contributed by atoms with van der Waals surface area (Å²) < 4.78 is 65.0. The molecule has 1 heterocycles. The van der Waals surface area contributed by atoms with Crippen LogP contribution in [0, 0.1) is 0 Å². The van der Waals surface area contributed by atoms with E-state index in [1.807, 2.05) is 36.4 Å². The standard InChI is InChI=1S/C26H41NO7.C25H41NO5.C21H36BrNO6S/c1-3-4-5-6-7-8-9-10-11-12-13-23(20-14-16-21(33-2)17-15-20)34-26(32)27-22(25(30)31)18-19-24(28)29;1-3-4-5-6-7-8-9-10-11-12-14-23(21-16-18-22(30-2)19-17-21)31-25(29)26-20-13-15-24(27)28;1-2-3-4-5-6-7-8-9-10-11-13-18(19-14-15-20(22)28-19)29-21(24)23-16-12-17-30(25,26)27/h14-17,22-23H,3-13,18-19H2,1-2H3,(H,27,32)(H,28,29)(H,30,31);16-19,23H,3-15,20H2,1-2H3,(H,26,29)(H,27,28);14-15,18H,2-13,16-17H2,1H3,(H,23,24)(H,25,26,27)/p-1. The molecule has 0 fully saturated rings. The number of alkyl carbamates (subject to hydrolysis) is 3. The first-order valence-electron chi connectivity index (χ1n) is 35.2. The summed E-state index contributed by atoms with van der Waals surface area (Å²) in [7, 11) is -1.08. The van der Waals surface area contributed by atoms with Crippen molar-refractivity contribution < 1.29 is 85.2 Å². The molecule has 4 unspecified atom stereocenters. The number of hydrogen-bond donors (Lipinski definition) is 6. The van der Waals surface area contributed by atoms with Crippen molar-refractivity contribution in [1.29, 1.82) is 0 Å². The maximum atomic E-state index is 12.4. The van der Waals surface area contributed by atoms with Crippen molar-refractivity contribution >= 4 is 62.2 Å². The van der Waals surface area contributed by atoms with Gasteiger partial charge in [-0.05, 0) is 121 Å². The van der Waals surface area contributed by atoms with Crippen LogP contribution in [0.25, 0.3) is 0 Å². The Morgan fingerprint density at radius 1 is 0.453 bits per heavy atom. The lowest BCUT2D eigenvalue weighted by Gasteiger charge is -2.21. The number of rotatable bonds is 54. The Morgan fingerprint density at radius 3 is 1.14 bits per heavy atom. The molecule has 542 valence electrons. The number of ether oxygens (including phenoxy) is 5. The van der Waals surface area contributed by atoms with Crippen LogP contribution in [0.1, 0.15) is 300 Å². The molecule has 0 saturated carbocycles. The third-order valence-electron chi connectivity index (χ3n) is 16.0. The molecule has 0 radical (unpaired) electrons. The fourth-order valence-corrected chi connectivity index (χ4v) is 11.3. The summed E-state index contributed by atoms with van der Waals surface area (Å²) in [5, 5.41) is 34.2. The first kappa shape index (κ1) is 86.9. The van der Waals surface area contributed by atoms with E-state index in [0.29, 0.717) is 42.0 Å². The lowest BCUT2D eigenvalue weighted by molar-refractivity contribution is -0.141. The number of methoxy groups -OCH3 is 2. The van der Waals surface area contributed by atoms with Crippen LogP contribution in [0.3, 0.4) is 0 Å². The van der Waals surface area contributed by atoms with E-state index in [0.717, 1.165) is 74.7 Å². The zero-order valence-corrected chi connectivity index (χ0v) is 60.2. The third-order valence-corrected chi connectivity index (χ3v) is 17.2. The topological polar surface area (TPSA) is 316 Å². The molecule has 6 N–H and O–H groups in total. The van der Waals surface area contributed by atoms with Gasteiger partial charge in [-0.15, -0.1) is 0 Å². The molecule has 0 bridgehead atoms. The smallest absolute Gasteiger partial charge is 0.408 e. The molecule has 3 amide bonds. The van der Waals surface area contributed by atoms with Crippen molar-refractivity contribution in [2.75, 3.05) is 33.1 Å². The summed E-state index contributed by atoms with van der Waals surface area (Å²) in [6.45, 7) is 7.04. The van der Waals surface area contributed by atoms with Gasteiger partial charge in [-0.1, -0.05) is 218 Å². The minimum atomic E-state index is -4.28. The van der Waals surface area contributed by atoms with Crippen molar-refractivity contribution in [3.05, 3.63) is 82.2 Å². The number of furan rings is 1. The molecule has 95 heavy (non-hydrogen) atoms. The van der Waals surface area contributed by atoms with Gasteiger partial charge in [0.25, 0.3) is 0 Å². The highest BCUT2D eigenvalue weighted by Crippen LogP contribution is 2.31. The third kappa shape index (κ3) is 49.2. The second-order valence-corrected chi connectivity index (χ2v) is 26.5. The highest BCUT2D eigenvalue weighted by molar-refractivity contribution is 9.10. The maximum absolute atomic E-state index is 12.4. The van der Waals surface area contributed by atoms with Gasteiger partial charge in [0, 0.05) is 31.7 Å². The highest BCUT2D eigenvalue weighted by atomic mass is 79.9. The minimum Gasteiger partial charge on any atom is -0.748 e. The van der Waals surface area contributed by atoms with Crippen LogP contribution in [0.2, 0.25) is 0 Å². The average Bonchev–Trinajstić information content (AvgIpc) is 2.09. The number of carboxylic acid groups (broad SMARTS) is 3. The number of amides is 3. The summed E-state index contributed by atoms with van der Waals surface area (Å²) in [4.78, 5) is 69.3. The Morgan fingerprint density at radius 2 is 0.800 bits per heavy atom. The summed E-state index contributed by atoms with van der Waals surface area (Å²) in [5.74, 6) is -1.79. The molecule has 0 spiro atoms. The maximum Gasteiger partial charge on any atom is 0.408 e. The number of carbonyl (C=O) groups excluding carboxylic acids is 3. The van der Waals surface area contributed by atoms with Crippen LogP contribution in [0.5, 0.6) is 11.5 Å². The van der Waals surface area contributed by atoms with E-state index in [2.05, 4.69) is 52.7 Å². The van der Waals surface area contributed by atoms with Gasteiger partial charge >= 0.3 is 36.2 Å². The second kappa shape index (κ2) is 57.0. The predicted octanol–water partition coefficient (Wildman–Crippen LogP) is 18.8. The Kier molecular flexibility index (Phi) is 52.2. The largest absolute Gasteiger partial charge is 0.748 e. The Bertz CT molecular complexity index is 2570. The average molecular weight is 1420 g/mol. The van der Waals surface area contributed by atoms with E-state index in [4.69, 9.17) is 38.3 Å². The number of hydrogen-bond acceptors (Lipinski definition) is 15. The van der Waals surface area contributed by atoms with Gasteiger partial charge in [0.05, 0.1) is 24.3 Å². The first-order chi connectivity index (χ1) is 45.7. The zero-order valence-electron chi connectivity index (χ0n) is 57.8. The van der Waals surface area contributed by atoms with Crippen LogP contribution in [-0.4, -0.2) is 104 Å². The quantitative estimate of drug-likeness (QED) is 0.0174. The van der Waals surface area contributed by atoms with Crippen LogP contribution in [-0.2, 0) is 38.7 Å². The minimum absolute atomic E-state index is 0.0286. The number of unbranched alkanes of at least 4 members (excludes halogenated alkanes) is 27. The second-order valence-electron chi connectivity index (χ2n) is 24.2. The SMILES string of the molecule is CCCCCCCCCCCCC(OC(=O)NC(CCC(=O)O)C(=O)O)c1ccc(OC)cc1.CCCCCCCCCCCCC(OC(=O)NCCCC(=O)O)c1ccc(OC)cc1.CCCCCCCCCCCCC(OC(=O)NCCCS(=O)(=O)[O-])c1ccc(Br)o1. The molecule has 4 atom stereocenters. The number of nitrogens with one attached hydrogen (secondary N) is 3. The van der Waals surface area contributed by atoms with Gasteiger partial charge < -0.3 is 63.9 Å². The molecule has 0 saturated heterocycles. The van der Waals surface area contributed by atoms with Gasteiger partial charge in [-0.25, -0.2) is 27.6 Å². The molecular formula is C72H117BrN3O18S-. The van der Waals surface area contributed by atoms with Crippen LogP contribution in [0.4, 0.5) is 14.4 Å². The van der Waals surface area contributed by atoms with Gasteiger partial charge in [-0.2, -0.15) is 0 Å². The summed E-state index contributed by atoms with van der Waals surface area (Å²) in [6.07, 6.45) is 35.3. The molecule has 1 aromatic heterocycles. The molecule has 0 aliphatic rings. The molecule has 23 heteroatoms. The number of halogens is 1. The summed E-state index contributed by atoms with van der Waals surface area (Å²) >= 11 is 3.26. The molecular weight excluding hydrogens is 1310 g/mol. The van der Waals surface area contributed by atoms with E-state index in [9.17, 15) is 46.8 Å². The van der Waals surface area contributed by atoms with Crippen molar-refractivity contribution in [2.24, 2.45) is 0 Å². The fourth-order valence-electron chi connectivity index (χ4n) is 10.5. The number of carboxylic acids is 3. The van der Waals surface area contributed by atoms with E-state index < -0.39 is 70.3 Å². The van der Waals surface area contributed by atoms with E-state index in [1.165, 1.54) is 141 Å². The molecule has 2 aromatic carbocycles. The molecule has 0 aliphatic carbocycles. The number of carbonyl (C=O) groups is 6. The lowest BCUT2D eigenvalue weighted by Crippen LogP contribution is -2.41. The Hall–Kier alpha value is -6.07. The van der Waals surface area contributed by atoms with Crippen LogP contribution in [0.15, 0.2) is 69.8 Å². The zero-order chi connectivity index (χ0) is 70.2. The Labute approximate surface area is 576 Å². The van der Waals surface area contributed by atoms with E-state index in [1.54, 1.807) is 38.5 Å². The molecule has 0 aliphatic heterocycles. The number of aliphatic carboxylic acids is 3. The number of benzene rings is 2. The summed E-state index contributed by atoms with van der Waals surface area (Å²) in [5.41, 5.74) is 1.74. The highest BCUT2D eigenvalue weighted by Gasteiger charge is 2.25. The van der Waals surface area contributed by atoms with Gasteiger partial charge in [0.2, 0.25) is 0 Å². The van der Waals surface area contributed by atoms with Crippen molar-refractivity contribution in [1.82, 2.24) is 16.0 Å². The van der Waals surface area contributed by atoms with Crippen molar-refractivity contribution in [3.8, 4) is 11.5 Å².